The van der Waals surface area contributed by atoms with Crippen molar-refractivity contribution in [1.29, 1.82) is 0 Å². The van der Waals surface area contributed by atoms with Gasteiger partial charge in [-0.3, -0.25) is 4.90 Å². The van der Waals surface area contributed by atoms with E-state index in [1.54, 1.807) is 0 Å². The number of rotatable bonds is 3. The van der Waals surface area contributed by atoms with Gasteiger partial charge in [-0.15, -0.1) is 0 Å². The van der Waals surface area contributed by atoms with E-state index in [1.165, 1.54) is 45.2 Å². The molecule has 0 aliphatic carbocycles. The number of nitrogens with zero attached hydrogens (tertiary/aromatic N) is 1. The van der Waals surface area contributed by atoms with Crippen molar-refractivity contribution in [1.82, 2.24) is 4.90 Å². The van der Waals surface area contributed by atoms with E-state index in [2.05, 4.69) is 32.6 Å². The standard InChI is InChI=1S/C14H27N/c1-5-7-13(3,4)14-8-6-9-15(14)11-12(2)10-14/h12H,5-11H2,1-4H3. The Morgan fingerprint density at radius 3 is 2.80 bits per heavy atom. The van der Waals surface area contributed by atoms with Crippen molar-refractivity contribution >= 4 is 0 Å². The predicted molar refractivity (Wildman–Crippen MR) is 66.0 cm³/mol. The van der Waals surface area contributed by atoms with Gasteiger partial charge < -0.3 is 0 Å². The zero-order chi connectivity index (χ0) is 11.1. The fourth-order valence-corrected chi connectivity index (χ4v) is 4.35. The van der Waals surface area contributed by atoms with Gasteiger partial charge in [0, 0.05) is 12.1 Å². The van der Waals surface area contributed by atoms with Gasteiger partial charge in [0.25, 0.3) is 0 Å². The van der Waals surface area contributed by atoms with E-state index in [-0.39, 0.29) is 0 Å². The maximum absolute atomic E-state index is 2.81. The van der Waals surface area contributed by atoms with Crippen molar-refractivity contribution < 1.29 is 0 Å². The largest absolute Gasteiger partial charge is 0.297 e. The summed E-state index contributed by atoms with van der Waals surface area (Å²) in [7, 11) is 0. The number of hydrogen-bond donors (Lipinski definition) is 0. The molecule has 1 heteroatoms. The highest BCUT2D eigenvalue weighted by atomic mass is 15.3. The van der Waals surface area contributed by atoms with Gasteiger partial charge in [-0.1, -0.05) is 34.1 Å². The molecule has 0 amide bonds. The summed E-state index contributed by atoms with van der Waals surface area (Å²) in [5.41, 5.74) is 1.07. The average molecular weight is 209 g/mol. The summed E-state index contributed by atoms with van der Waals surface area (Å²) < 4.78 is 0. The van der Waals surface area contributed by atoms with Gasteiger partial charge in [0.2, 0.25) is 0 Å². The molecule has 0 spiro atoms. The topological polar surface area (TPSA) is 3.24 Å². The molecule has 2 aliphatic rings. The van der Waals surface area contributed by atoms with Gasteiger partial charge >= 0.3 is 0 Å². The van der Waals surface area contributed by atoms with Crippen LogP contribution < -0.4 is 0 Å². The third kappa shape index (κ3) is 1.63. The van der Waals surface area contributed by atoms with Crippen LogP contribution in [0.2, 0.25) is 0 Å². The minimum atomic E-state index is 0.517. The first-order valence-electron chi connectivity index (χ1n) is 6.77. The summed E-state index contributed by atoms with van der Waals surface area (Å²) >= 11 is 0. The van der Waals surface area contributed by atoms with Crippen molar-refractivity contribution in [2.24, 2.45) is 11.3 Å². The Kier molecular flexibility index (Phi) is 2.87. The van der Waals surface area contributed by atoms with Crippen LogP contribution in [0.15, 0.2) is 0 Å². The molecule has 0 saturated carbocycles. The fourth-order valence-electron chi connectivity index (χ4n) is 4.35. The first-order valence-corrected chi connectivity index (χ1v) is 6.77. The van der Waals surface area contributed by atoms with Crippen molar-refractivity contribution in [3.05, 3.63) is 0 Å². The Hall–Kier alpha value is -0.0400. The van der Waals surface area contributed by atoms with Crippen LogP contribution in [0.1, 0.15) is 59.8 Å². The monoisotopic (exact) mass is 209 g/mol. The minimum Gasteiger partial charge on any atom is -0.297 e. The molecule has 1 nitrogen and oxygen atoms in total. The second-order valence-electron chi connectivity index (χ2n) is 6.52. The van der Waals surface area contributed by atoms with Crippen LogP contribution in [-0.2, 0) is 0 Å². The summed E-state index contributed by atoms with van der Waals surface area (Å²) in [6.45, 7) is 12.5. The van der Waals surface area contributed by atoms with Crippen LogP contribution in [0.3, 0.4) is 0 Å². The van der Waals surface area contributed by atoms with E-state index in [0.29, 0.717) is 11.0 Å². The highest BCUT2D eigenvalue weighted by Crippen LogP contribution is 2.53. The van der Waals surface area contributed by atoms with Gasteiger partial charge in [0.15, 0.2) is 0 Å². The molecule has 88 valence electrons. The Balaban J connectivity index is 2.23. The molecule has 2 fully saturated rings. The Bertz CT molecular complexity index is 233. The first-order chi connectivity index (χ1) is 7.02. The van der Waals surface area contributed by atoms with Gasteiger partial charge in [-0.05, 0) is 43.6 Å². The Labute approximate surface area is 95.2 Å². The number of hydrogen-bond acceptors (Lipinski definition) is 1. The van der Waals surface area contributed by atoms with Crippen LogP contribution in [0.5, 0.6) is 0 Å². The lowest BCUT2D eigenvalue weighted by Crippen LogP contribution is -2.50. The highest BCUT2D eigenvalue weighted by Gasteiger charge is 2.54. The third-order valence-corrected chi connectivity index (χ3v) is 4.98. The maximum Gasteiger partial charge on any atom is 0.0264 e. The van der Waals surface area contributed by atoms with Crippen molar-refractivity contribution in [3.8, 4) is 0 Å². The average Bonchev–Trinajstić information content (AvgIpc) is 2.60. The Morgan fingerprint density at radius 1 is 1.40 bits per heavy atom. The van der Waals surface area contributed by atoms with E-state index in [9.17, 15) is 0 Å². The highest BCUT2D eigenvalue weighted by molar-refractivity contribution is 5.09. The summed E-state index contributed by atoms with van der Waals surface area (Å²) in [5, 5.41) is 0. The van der Waals surface area contributed by atoms with E-state index in [1.807, 2.05) is 0 Å². The molecule has 0 aromatic carbocycles. The molecular formula is C14H27N. The molecule has 2 saturated heterocycles. The first kappa shape index (κ1) is 11.4. The van der Waals surface area contributed by atoms with Crippen molar-refractivity contribution in [2.75, 3.05) is 13.1 Å². The van der Waals surface area contributed by atoms with E-state index in [4.69, 9.17) is 0 Å². The fraction of sp³-hybridized carbons (Fsp3) is 1.00. The summed E-state index contributed by atoms with van der Waals surface area (Å²) in [6.07, 6.45) is 7.04. The third-order valence-electron chi connectivity index (χ3n) is 4.98. The molecule has 2 unspecified atom stereocenters. The second kappa shape index (κ2) is 3.76. The van der Waals surface area contributed by atoms with Crippen LogP contribution in [-0.4, -0.2) is 23.5 Å². The lowest BCUT2D eigenvalue weighted by molar-refractivity contribution is 0.0417. The quantitative estimate of drug-likeness (QED) is 0.685. The predicted octanol–water partition coefficient (Wildman–Crippen LogP) is 3.69. The van der Waals surface area contributed by atoms with Crippen molar-refractivity contribution in [2.45, 2.75) is 65.3 Å². The van der Waals surface area contributed by atoms with E-state index >= 15 is 0 Å². The normalized spacial score (nSPS) is 37.2. The maximum atomic E-state index is 2.81. The van der Waals surface area contributed by atoms with Gasteiger partial charge in [-0.25, -0.2) is 0 Å². The zero-order valence-corrected chi connectivity index (χ0v) is 11.0. The number of fused-ring (bicyclic) bond motifs is 1. The molecule has 2 atom stereocenters. The molecule has 0 N–H and O–H groups in total. The molecule has 2 heterocycles. The van der Waals surface area contributed by atoms with Crippen LogP contribution >= 0.6 is 0 Å². The van der Waals surface area contributed by atoms with Gasteiger partial charge in [0.05, 0.1) is 0 Å². The van der Waals surface area contributed by atoms with E-state index in [0.717, 1.165) is 5.92 Å². The van der Waals surface area contributed by atoms with Crippen molar-refractivity contribution in [3.63, 3.8) is 0 Å². The zero-order valence-electron chi connectivity index (χ0n) is 11.0. The summed E-state index contributed by atoms with van der Waals surface area (Å²) in [5.74, 6) is 0.918. The lowest BCUT2D eigenvalue weighted by Gasteiger charge is -2.46. The second-order valence-corrected chi connectivity index (χ2v) is 6.52. The molecule has 0 aromatic heterocycles. The SMILES string of the molecule is CCCC(C)(C)C12CCCN1CC(C)C2. The molecular weight excluding hydrogens is 182 g/mol. The smallest absolute Gasteiger partial charge is 0.0264 e. The molecule has 0 bridgehead atoms. The Morgan fingerprint density at radius 2 is 2.13 bits per heavy atom. The van der Waals surface area contributed by atoms with Crippen LogP contribution in [0.25, 0.3) is 0 Å². The van der Waals surface area contributed by atoms with Crippen LogP contribution in [0.4, 0.5) is 0 Å². The van der Waals surface area contributed by atoms with Gasteiger partial charge in [-0.2, -0.15) is 0 Å². The molecule has 2 aliphatic heterocycles. The molecule has 0 radical (unpaired) electrons. The summed E-state index contributed by atoms with van der Waals surface area (Å²) in [6, 6.07) is 0. The van der Waals surface area contributed by atoms with Gasteiger partial charge in [0.1, 0.15) is 0 Å². The lowest BCUT2D eigenvalue weighted by atomic mass is 9.66. The molecule has 15 heavy (non-hydrogen) atoms. The minimum absolute atomic E-state index is 0.517. The van der Waals surface area contributed by atoms with E-state index < -0.39 is 0 Å². The molecule has 0 aromatic rings. The van der Waals surface area contributed by atoms with Crippen LogP contribution in [0, 0.1) is 11.3 Å². The summed E-state index contributed by atoms with van der Waals surface area (Å²) in [4.78, 5) is 2.81. The molecule has 2 rings (SSSR count).